The van der Waals surface area contributed by atoms with E-state index in [1.807, 2.05) is 18.2 Å². The van der Waals surface area contributed by atoms with Gasteiger partial charge in [0, 0.05) is 11.5 Å². The maximum absolute atomic E-state index is 12.6. The summed E-state index contributed by atoms with van der Waals surface area (Å²) >= 11 is 0. The van der Waals surface area contributed by atoms with Crippen LogP contribution in [0.4, 0.5) is 0 Å². The topological polar surface area (TPSA) is 55.1 Å². The molecule has 3 heteroatoms. The van der Waals surface area contributed by atoms with Crippen molar-refractivity contribution in [3.8, 4) is 0 Å². The molecule has 2 rings (SSSR count). The van der Waals surface area contributed by atoms with E-state index < -0.39 is 5.54 Å². The van der Waals surface area contributed by atoms with Crippen LogP contribution in [0.3, 0.4) is 0 Å². The zero-order valence-corrected chi connectivity index (χ0v) is 13.5. The zero-order valence-electron chi connectivity index (χ0n) is 13.5. The molecule has 0 bridgehead atoms. The van der Waals surface area contributed by atoms with E-state index in [-0.39, 0.29) is 17.4 Å². The molecule has 3 N–H and O–H groups in total. The normalized spacial score (nSPS) is 19.8. The Labute approximate surface area is 128 Å². The molecule has 21 heavy (non-hydrogen) atoms. The molecular weight excluding hydrogens is 260 g/mol. The van der Waals surface area contributed by atoms with Gasteiger partial charge in [-0.25, -0.2) is 0 Å². The van der Waals surface area contributed by atoms with Crippen LogP contribution in [0.1, 0.15) is 58.4 Å². The Hall–Kier alpha value is -1.35. The summed E-state index contributed by atoms with van der Waals surface area (Å²) < 4.78 is 0. The van der Waals surface area contributed by atoms with E-state index in [4.69, 9.17) is 5.73 Å². The number of carbonyl (C=O) groups excluding carboxylic acids is 1. The van der Waals surface area contributed by atoms with E-state index >= 15 is 0 Å². The number of hydrogen-bond donors (Lipinski definition) is 2. The van der Waals surface area contributed by atoms with Gasteiger partial charge in [-0.05, 0) is 25.3 Å². The van der Waals surface area contributed by atoms with Crippen LogP contribution in [0.15, 0.2) is 30.3 Å². The summed E-state index contributed by atoms with van der Waals surface area (Å²) in [5, 5.41) is 3.16. The first-order valence-electron chi connectivity index (χ1n) is 8.02. The molecule has 1 aromatic carbocycles. The van der Waals surface area contributed by atoms with Gasteiger partial charge in [0.05, 0.1) is 5.54 Å². The lowest BCUT2D eigenvalue weighted by atomic mass is 9.77. The number of nitrogens with one attached hydrogen (secondary N) is 1. The van der Waals surface area contributed by atoms with Gasteiger partial charge in [0.25, 0.3) is 0 Å². The van der Waals surface area contributed by atoms with E-state index in [9.17, 15) is 4.79 Å². The minimum Gasteiger partial charge on any atom is -0.351 e. The highest BCUT2D eigenvalue weighted by Crippen LogP contribution is 2.29. The first-order chi connectivity index (χ1) is 9.86. The third-order valence-electron chi connectivity index (χ3n) is 5.15. The van der Waals surface area contributed by atoms with Gasteiger partial charge < -0.3 is 11.1 Å². The molecule has 0 saturated heterocycles. The van der Waals surface area contributed by atoms with Crippen molar-refractivity contribution in [1.29, 1.82) is 0 Å². The fourth-order valence-corrected chi connectivity index (χ4v) is 3.05. The van der Waals surface area contributed by atoms with Crippen molar-refractivity contribution >= 4 is 5.91 Å². The molecule has 1 fully saturated rings. The third-order valence-corrected chi connectivity index (χ3v) is 5.15. The minimum absolute atomic E-state index is 0.0127. The monoisotopic (exact) mass is 288 g/mol. The van der Waals surface area contributed by atoms with Gasteiger partial charge >= 0.3 is 0 Å². The molecule has 3 nitrogen and oxygen atoms in total. The molecule has 0 aliphatic heterocycles. The van der Waals surface area contributed by atoms with Crippen LogP contribution in [0.2, 0.25) is 0 Å². The maximum Gasteiger partial charge on any atom is 0.240 e. The Morgan fingerprint density at radius 2 is 1.76 bits per heavy atom. The van der Waals surface area contributed by atoms with Crippen LogP contribution in [0.5, 0.6) is 0 Å². The average molecular weight is 288 g/mol. The molecule has 1 aliphatic rings. The molecule has 1 unspecified atom stereocenters. The largest absolute Gasteiger partial charge is 0.351 e. The molecule has 1 amide bonds. The smallest absolute Gasteiger partial charge is 0.240 e. The quantitative estimate of drug-likeness (QED) is 0.894. The van der Waals surface area contributed by atoms with E-state index in [0.29, 0.717) is 0 Å². The molecule has 0 spiro atoms. The van der Waals surface area contributed by atoms with Crippen molar-refractivity contribution < 1.29 is 4.79 Å². The van der Waals surface area contributed by atoms with Crippen LogP contribution in [-0.4, -0.2) is 17.5 Å². The second-order valence-corrected chi connectivity index (χ2v) is 7.00. The van der Waals surface area contributed by atoms with Gasteiger partial charge in [0.1, 0.15) is 0 Å². The van der Waals surface area contributed by atoms with Gasteiger partial charge in [-0.2, -0.15) is 0 Å². The van der Waals surface area contributed by atoms with Crippen LogP contribution >= 0.6 is 0 Å². The predicted octanol–water partition coefficient (Wildman–Crippen LogP) is 3.13. The zero-order chi connectivity index (χ0) is 15.5. The Morgan fingerprint density at radius 3 is 2.33 bits per heavy atom. The van der Waals surface area contributed by atoms with Gasteiger partial charge in [-0.15, -0.1) is 0 Å². The van der Waals surface area contributed by atoms with Gasteiger partial charge in [0.15, 0.2) is 0 Å². The summed E-state index contributed by atoms with van der Waals surface area (Å²) in [5.74, 6) is 0.0127. The second kappa shape index (κ2) is 6.18. The fourth-order valence-electron chi connectivity index (χ4n) is 3.05. The average Bonchev–Trinajstić information content (AvgIpc) is 2.48. The van der Waals surface area contributed by atoms with E-state index in [1.54, 1.807) is 0 Å². The predicted molar refractivity (Wildman–Crippen MR) is 87.1 cm³/mol. The van der Waals surface area contributed by atoms with Gasteiger partial charge in [-0.3, -0.25) is 4.79 Å². The van der Waals surface area contributed by atoms with Crippen molar-refractivity contribution in [1.82, 2.24) is 5.32 Å². The molecule has 0 heterocycles. The Bertz CT molecular complexity index is 475. The lowest BCUT2D eigenvalue weighted by Gasteiger charge is -2.37. The van der Waals surface area contributed by atoms with Crippen molar-refractivity contribution in [3.05, 3.63) is 35.9 Å². The molecule has 0 aromatic heterocycles. The number of rotatable bonds is 4. The Balaban J connectivity index is 2.06. The van der Waals surface area contributed by atoms with E-state index in [2.05, 4.69) is 38.2 Å². The van der Waals surface area contributed by atoms with Crippen molar-refractivity contribution in [2.75, 3.05) is 0 Å². The minimum atomic E-state index is -0.667. The molecular formula is C18H28N2O. The number of benzene rings is 1. The standard InChI is InChI=1S/C18H28N2O/c1-14(17(2,3)15-10-6-4-7-11-15)20-16(21)18(19)12-8-5-9-13-18/h4,6-7,10-11,14H,5,8-9,12-13,19H2,1-3H3,(H,20,21). The summed E-state index contributed by atoms with van der Waals surface area (Å²) in [4.78, 5) is 12.6. The summed E-state index contributed by atoms with van der Waals surface area (Å²) in [5.41, 5.74) is 6.76. The van der Waals surface area contributed by atoms with Crippen molar-refractivity contribution in [2.45, 2.75) is 69.9 Å². The molecule has 1 aliphatic carbocycles. The van der Waals surface area contributed by atoms with Gasteiger partial charge in [-0.1, -0.05) is 63.4 Å². The summed E-state index contributed by atoms with van der Waals surface area (Å²) in [7, 11) is 0. The Kier molecular flexibility index (Phi) is 4.72. The van der Waals surface area contributed by atoms with Crippen LogP contribution in [0.25, 0.3) is 0 Å². The van der Waals surface area contributed by atoms with Crippen molar-refractivity contribution in [2.24, 2.45) is 5.73 Å². The number of nitrogens with two attached hydrogens (primary N) is 1. The highest BCUT2D eigenvalue weighted by molar-refractivity contribution is 5.86. The summed E-state index contributed by atoms with van der Waals surface area (Å²) in [6.07, 6.45) is 4.91. The van der Waals surface area contributed by atoms with Crippen LogP contribution in [-0.2, 0) is 10.2 Å². The first-order valence-corrected chi connectivity index (χ1v) is 8.02. The van der Waals surface area contributed by atoms with E-state index in [0.717, 1.165) is 25.7 Å². The lowest BCUT2D eigenvalue weighted by molar-refractivity contribution is -0.128. The highest BCUT2D eigenvalue weighted by Gasteiger charge is 2.38. The lowest BCUT2D eigenvalue weighted by Crippen LogP contribution is -2.59. The number of amides is 1. The fraction of sp³-hybridized carbons (Fsp3) is 0.611. The second-order valence-electron chi connectivity index (χ2n) is 7.00. The van der Waals surface area contributed by atoms with Crippen molar-refractivity contribution in [3.63, 3.8) is 0 Å². The molecule has 1 saturated carbocycles. The summed E-state index contributed by atoms with van der Waals surface area (Å²) in [6.45, 7) is 6.39. The number of hydrogen-bond acceptors (Lipinski definition) is 2. The van der Waals surface area contributed by atoms with Gasteiger partial charge in [0.2, 0.25) is 5.91 Å². The van der Waals surface area contributed by atoms with E-state index in [1.165, 1.54) is 12.0 Å². The molecule has 1 atom stereocenters. The maximum atomic E-state index is 12.6. The highest BCUT2D eigenvalue weighted by atomic mass is 16.2. The SMILES string of the molecule is CC(NC(=O)C1(N)CCCCC1)C(C)(C)c1ccccc1. The molecule has 116 valence electrons. The third kappa shape index (κ3) is 3.46. The van der Waals surface area contributed by atoms with Crippen LogP contribution in [0, 0.1) is 0 Å². The number of carbonyl (C=O) groups is 1. The van der Waals surface area contributed by atoms with Crippen LogP contribution < -0.4 is 11.1 Å². The Morgan fingerprint density at radius 1 is 1.19 bits per heavy atom. The first kappa shape index (κ1) is 16.0. The molecule has 1 aromatic rings. The molecule has 0 radical (unpaired) electrons. The summed E-state index contributed by atoms with van der Waals surface area (Å²) in [6, 6.07) is 10.4.